The van der Waals surface area contributed by atoms with Crippen LogP contribution in [0.1, 0.15) is 12.8 Å². The first-order valence-corrected chi connectivity index (χ1v) is 10.5. The third kappa shape index (κ3) is 4.67. The summed E-state index contributed by atoms with van der Waals surface area (Å²) in [6.45, 7) is 3.10. The number of hydrogen-bond donors (Lipinski definition) is 1. The summed E-state index contributed by atoms with van der Waals surface area (Å²) >= 11 is 5.78. The maximum absolute atomic E-state index is 13.3. The number of anilines is 2. The molecule has 2 aromatic rings. The molecule has 0 aliphatic carbocycles. The Morgan fingerprint density at radius 3 is 2.73 bits per heavy atom. The molecule has 2 aromatic carbocycles. The normalized spacial score (nSPS) is 19.3. The van der Waals surface area contributed by atoms with Gasteiger partial charge in [-0.25, -0.2) is 9.18 Å². The maximum Gasteiger partial charge on any atom is 0.323 e. The monoisotopic (exact) mass is 430 g/mol. The Kier molecular flexibility index (Phi) is 6.08. The zero-order valence-electron chi connectivity index (χ0n) is 16.6. The molecule has 2 heterocycles. The van der Waals surface area contributed by atoms with Crippen LogP contribution in [-0.2, 0) is 4.79 Å². The van der Waals surface area contributed by atoms with Crippen LogP contribution in [0.2, 0.25) is 5.02 Å². The molecule has 1 atom stereocenters. The SMILES string of the molecule is O=C1CCN(C(=O)Nc2ccc(F)c(Cl)c2)CN1CC1CCN(c2ccccc2)C1. The number of nitrogens with zero attached hydrogens (tertiary/aromatic N) is 3. The number of rotatable bonds is 4. The van der Waals surface area contributed by atoms with Gasteiger partial charge in [-0.1, -0.05) is 29.8 Å². The van der Waals surface area contributed by atoms with Crippen LogP contribution in [0.25, 0.3) is 0 Å². The molecule has 0 saturated carbocycles. The maximum atomic E-state index is 13.3. The molecule has 6 nitrogen and oxygen atoms in total. The van der Waals surface area contributed by atoms with Gasteiger partial charge in [0, 0.05) is 44.0 Å². The molecule has 30 heavy (non-hydrogen) atoms. The summed E-state index contributed by atoms with van der Waals surface area (Å²) < 4.78 is 13.3. The van der Waals surface area contributed by atoms with E-state index in [1.165, 1.54) is 23.9 Å². The minimum absolute atomic E-state index is 0.0487. The molecule has 8 heteroatoms. The highest BCUT2D eigenvalue weighted by Gasteiger charge is 2.31. The summed E-state index contributed by atoms with van der Waals surface area (Å²) in [6.07, 6.45) is 1.31. The number of benzene rings is 2. The molecule has 3 amide bonds. The third-order valence-electron chi connectivity index (χ3n) is 5.63. The topological polar surface area (TPSA) is 55.9 Å². The molecule has 0 spiro atoms. The van der Waals surface area contributed by atoms with Crippen molar-refractivity contribution >= 4 is 34.9 Å². The van der Waals surface area contributed by atoms with Crippen molar-refractivity contribution in [2.75, 3.05) is 43.1 Å². The van der Waals surface area contributed by atoms with Gasteiger partial charge < -0.3 is 20.0 Å². The molecule has 2 saturated heterocycles. The van der Waals surface area contributed by atoms with Gasteiger partial charge in [0.15, 0.2) is 0 Å². The van der Waals surface area contributed by atoms with Gasteiger partial charge in [-0.3, -0.25) is 4.79 Å². The predicted octanol–water partition coefficient (Wildman–Crippen LogP) is 4.03. The van der Waals surface area contributed by atoms with E-state index >= 15 is 0 Å². The van der Waals surface area contributed by atoms with Crippen molar-refractivity contribution in [3.8, 4) is 0 Å². The molecule has 158 valence electrons. The Bertz CT molecular complexity index is 927. The molecular weight excluding hydrogens is 407 g/mol. The molecule has 2 fully saturated rings. The Hall–Kier alpha value is -2.80. The van der Waals surface area contributed by atoms with Crippen molar-refractivity contribution in [1.82, 2.24) is 9.80 Å². The average Bonchev–Trinajstić information content (AvgIpc) is 3.21. The Labute approximate surface area is 180 Å². The van der Waals surface area contributed by atoms with E-state index in [1.54, 1.807) is 9.80 Å². The van der Waals surface area contributed by atoms with Crippen LogP contribution >= 0.6 is 11.6 Å². The highest BCUT2D eigenvalue weighted by atomic mass is 35.5. The number of hydrogen-bond acceptors (Lipinski definition) is 3. The van der Waals surface area contributed by atoms with Crippen LogP contribution in [0.3, 0.4) is 0 Å². The standard InChI is InChI=1S/C22H24ClFN4O2/c23-19-12-17(6-7-20(19)24)25-22(30)27-11-9-21(29)28(15-27)14-16-8-10-26(13-16)18-4-2-1-3-5-18/h1-7,12,16H,8-11,13-15H2,(H,25,30). The van der Waals surface area contributed by atoms with E-state index in [-0.39, 0.29) is 23.6 Å². The molecule has 0 radical (unpaired) electrons. The number of amides is 3. The second-order valence-electron chi connectivity index (χ2n) is 7.77. The van der Waals surface area contributed by atoms with Gasteiger partial charge in [-0.05, 0) is 42.7 Å². The van der Waals surface area contributed by atoms with E-state index in [0.29, 0.717) is 31.1 Å². The van der Waals surface area contributed by atoms with Gasteiger partial charge in [0.05, 0.1) is 11.7 Å². The minimum atomic E-state index is -0.537. The summed E-state index contributed by atoms with van der Waals surface area (Å²) in [6, 6.07) is 14.0. The van der Waals surface area contributed by atoms with Gasteiger partial charge >= 0.3 is 6.03 Å². The molecule has 0 bridgehead atoms. The highest BCUT2D eigenvalue weighted by molar-refractivity contribution is 6.31. The number of urea groups is 1. The number of carbonyl (C=O) groups is 2. The summed E-state index contributed by atoms with van der Waals surface area (Å²) in [4.78, 5) is 30.8. The fourth-order valence-electron chi connectivity index (χ4n) is 4.01. The Morgan fingerprint density at radius 2 is 1.97 bits per heavy atom. The first-order chi connectivity index (χ1) is 14.5. The lowest BCUT2D eigenvalue weighted by molar-refractivity contribution is -0.136. The second kappa shape index (κ2) is 8.92. The number of para-hydroxylation sites is 1. The first-order valence-electron chi connectivity index (χ1n) is 10.1. The summed E-state index contributed by atoms with van der Waals surface area (Å²) in [7, 11) is 0. The quantitative estimate of drug-likeness (QED) is 0.796. The van der Waals surface area contributed by atoms with E-state index in [0.717, 1.165) is 19.5 Å². The van der Waals surface area contributed by atoms with Gasteiger partial charge in [0.1, 0.15) is 5.82 Å². The van der Waals surface area contributed by atoms with E-state index < -0.39 is 5.82 Å². The fraction of sp³-hybridized carbons (Fsp3) is 0.364. The Balaban J connectivity index is 1.33. The summed E-state index contributed by atoms with van der Waals surface area (Å²) in [5.74, 6) is -0.0966. The first kappa shape index (κ1) is 20.5. The smallest absolute Gasteiger partial charge is 0.323 e. The molecule has 1 unspecified atom stereocenters. The zero-order valence-corrected chi connectivity index (χ0v) is 17.3. The molecule has 2 aliphatic rings. The zero-order chi connectivity index (χ0) is 21.1. The van der Waals surface area contributed by atoms with E-state index in [9.17, 15) is 14.0 Å². The van der Waals surface area contributed by atoms with Crippen LogP contribution in [-0.4, -0.2) is 54.6 Å². The van der Waals surface area contributed by atoms with Crippen LogP contribution in [0.15, 0.2) is 48.5 Å². The summed E-state index contributed by atoms with van der Waals surface area (Å²) in [5.41, 5.74) is 1.62. The molecule has 0 aromatic heterocycles. The van der Waals surface area contributed by atoms with Crippen LogP contribution in [0, 0.1) is 11.7 Å². The second-order valence-corrected chi connectivity index (χ2v) is 8.17. The lowest BCUT2D eigenvalue weighted by Crippen LogP contribution is -2.52. The molecule has 1 N–H and O–H groups in total. The largest absolute Gasteiger partial charge is 0.371 e. The number of carbonyl (C=O) groups excluding carboxylic acids is 2. The lowest BCUT2D eigenvalue weighted by Gasteiger charge is -2.36. The minimum Gasteiger partial charge on any atom is -0.371 e. The van der Waals surface area contributed by atoms with Gasteiger partial charge in [-0.2, -0.15) is 0 Å². The van der Waals surface area contributed by atoms with E-state index in [1.807, 2.05) is 18.2 Å². The van der Waals surface area contributed by atoms with Crippen LogP contribution in [0.4, 0.5) is 20.6 Å². The highest BCUT2D eigenvalue weighted by Crippen LogP contribution is 2.25. The van der Waals surface area contributed by atoms with Crippen molar-refractivity contribution in [3.63, 3.8) is 0 Å². The predicted molar refractivity (Wildman–Crippen MR) is 115 cm³/mol. The Morgan fingerprint density at radius 1 is 1.17 bits per heavy atom. The fourth-order valence-corrected chi connectivity index (χ4v) is 4.19. The van der Waals surface area contributed by atoms with Gasteiger partial charge in [-0.15, -0.1) is 0 Å². The van der Waals surface area contributed by atoms with Crippen molar-refractivity contribution in [3.05, 3.63) is 59.4 Å². The molecule has 2 aliphatic heterocycles. The van der Waals surface area contributed by atoms with Gasteiger partial charge in [0.25, 0.3) is 0 Å². The van der Waals surface area contributed by atoms with E-state index in [2.05, 4.69) is 22.3 Å². The summed E-state index contributed by atoms with van der Waals surface area (Å²) in [5, 5.41) is 2.68. The molecular formula is C22H24ClFN4O2. The van der Waals surface area contributed by atoms with Crippen LogP contribution < -0.4 is 10.2 Å². The van der Waals surface area contributed by atoms with Crippen molar-refractivity contribution in [2.24, 2.45) is 5.92 Å². The van der Waals surface area contributed by atoms with Crippen LogP contribution in [0.5, 0.6) is 0 Å². The number of nitrogens with one attached hydrogen (secondary N) is 1. The number of halogens is 2. The van der Waals surface area contributed by atoms with Crippen molar-refractivity contribution in [2.45, 2.75) is 12.8 Å². The van der Waals surface area contributed by atoms with E-state index in [4.69, 9.17) is 11.6 Å². The third-order valence-corrected chi connectivity index (χ3v) is 5.92. The lowest BCUT2D eigenvalue weighted by atomic mass is 10.1. The average molecular weight is 431 g/mol. The van der Waals surface area contributed by atoms with Crippen molar-refractivity contribution in [1.29, 1.82) is 0 Å². The van der Waals surface area contributed by atoms with Gasteiger partial charge in [0.2, 0.25) is 5.91 Å². The van der Waals surface area contributed by atoms with Crippen molar-refractivity contribution < 1.29 is 14.0 Å². The molecule has 4 rings (SSSR count).